The third-order valence-electron chi connectivity index (χ3n) is 3.36. The predicted octanol–water partition coefficient (Wildman–Crippen LogP) is 1.45. The van der Waals surface area contributed by atoms with Crippen LogP contribution in [-0.4, -0.2) is 26.5 Å². The molecule has 0 spiro atoms. The molecule has 0 radical (unpaired) electrons. The number of hydrogen-bond acceptors (Lipinski definition) is 5. The third kappa shape index (κ3) is 2.33. The standard InChI is InChI=1S/C14H17N5/c1-3-11-10-8-15-6-4-12(10)19-14(18-11)13-5-7-16-9(2)17-13/h5,7,15H,3-4,6,8H2,1-2H3. The highest BCUT2D eigenvalue weighted by Gasteiger charge is 2.17. The lowest BCUT2D eigenvalue weighted by Crippen LogP contribution is -2.26. The summed E-state index contributed by atoms with van der Waals surface area (Å²) >= 11 is 0. The van der Waals surface area contributed by atoms with Crippen LogP contribution >= 0.6 is 0 Å². The van der Waals surface area contributed by atoms with Gasteiger partial charge in [-0.3, -0.25) is 0 Å². The number of nitrogens with one attached hydrogen (secondary N) is 1. The van der Waals surface area contributed by atoms with Gasteiger partial charge in [0, 0.05) is 37.0 Å². The number of aromatic nitrogens is 4. The Balaban J connectivity index is 2.12. The first-order valence-electron chi connectivity index (χ1n) is 6.67. The lowest BCUT2D eigenvalue weighted by atomic mass is 10.0. The first-order valence-corrected chi connectivity index (χ1v) is 6.67. The predicted molar refractivity (Wildman–Crippen MR) is 72.6 cm³/mol. The monoisotopic (exact) mass is 255 g/mol. The van der Waals surface area contributed by atoms with Crippen molar-refractivity contribution in [1.29, 1.82) is 0 Å². The van der Waals surface area contributed by atoms with E-state index in [1.54, 1.807) is 6.20 Å². The topological polar surface area (TPSA) is 63.6 Å². The summed E-state index contributed by atoms with van der Waals surface area (Å²) in [5.74, 6) is 1.47. The molecule has 0 unspecified atom stereocenters. The molecule has 0 saturated heterocycles. The maximum absolute atomic E-state index is 4.69. The van der Waals surface area contributed by atoms with Crippen molar-refractivity contribution in [3.63, 3.8) is 0 Å². The summed E-state index contributed by atoms with van der Waals surface area (Å²) in [4.78, 5) is 17.9. The first-order chi connectivity index (χ1) is 9.28. The highest BCUT2D eigenvalue weighted by Crippen LogP contribution is 2.20. The summed E-state index contributed by atoms with van der Waals surface area (Å²) < 4.78 is 0. The van der Waals surface area contributed by atoms with E-state index in [9.17, 15) is 0 Å². The fourth-order valence-corrected chi connectivity index (χ4v) is 2.40. The fourth-order valence-electron chi connectivity index (χ4n) is 2.40. The van der Waals surface area contributed by atoms with E-state index in [1.165, 1.54) is 5.56 Å². The van der Waals surface area contributed by atoms with Gasteiger partial charge in [0.15, 0.2) is 5.82 Å². The number of nitrogens with zero attached hydrogens (tertiary/aromatic N) is 4. The van der Waals surface area contributed by atoms with Crippen LogP contribution < -0.4 is 5.32 Å². The number of aryl methyl sites for hydroxylation is 2. The minimum Gasteiger partial charge on any atom is -0.312 e. The molecule has 0 saturated carbocycles. The molecule has 0 fully saturated rings. The Bertz CT molecular complexity index is 592. The average Bonchev–Trinajstić information content (AvgIpc) is 2.46. The summed E-state index contributed by atoms with van der Waals surface area (Å²) in [7, 11) is 0. The lowest BCUT2D eigenvalue weighted by Gasteiger charge is -2.19. The van der Waals surface area contributed by atoms with Crippen molar-refractivity contribution in [3.8, 4) is 11.5 Å². The number of hydrogen-bond donors (Lipinski definition) is 1. The third-order valence-corrected chi connectivity index (χ3v) is 3.36. The van der Waals surface area contributed by atoms with Crippen LogP contribution in [0.5, 0.6) is 0 Å². The van der Waals surface area contributed by atoms with Crippen molar-refractivity contribution < 1.29 is 0 Å². The van der Waals surface area contributed by atoms with E-state index in [1.807, 2.05) is 13.0 Å². The van der Waals surface area contributed by atoms with Crippen LogP contribution in [0.3, 0.4) is 0 Å². The van der Waals surface area contributed by atoms with Crippen molar-refractivity contribution >= 4 is 0 Å². The van der Waals surface area contributed by atoms with Crippen molar-refractivity contribution in [2.24, 2.45) is 0 Å². The molecule has 98 valence electrons. The van der Waals surface area contributed by atoms with E-state index >= 15 is 0 Å². The van der Waals surface area contributed by atoms with Gasteiger partial charge in [-0.15, -0.1) is 0 Å². The molecule has 0 aromatic carbocycles. The van der Waals surface area contributed by atoms with Crippen LogP contribution in [0.25, 0.3) is 11.5 Å². The quantitative estimate of drug-likeness (QED) is 0.880. The second kappa shape index (κ2) is 5.01. The van der Waals surface area contributed by atoms with Crippen LogP contribution in [-0.2, 0) is 19.4 Å². The Morgan fingerprint density at radius 1 is 1.26 bits per heavy atom. The van der Waals surface area contributed by atoms with Crippen molar-refractivity contribution in [2.45, 2.75) is 33.2 Å². The Hall–Kier alpha value is -1.88. The smallest absolute Gasteiger partial charge is 0.178 e. The molecule has 0 aliphatic carbocycles. The molecule has 19 heavy (non-hydrogen) atoms. The lowest BCUT2D eigenvalue weighted by molar-refractivity contribution is 0.618. The Kier molecular flexibility index (Phi) is 3.21. The van der Waals surface area contributed by atoms with Gasteiger partial charge in [0.1, 0.15) is 11.5 Å². The molecule has 3 heterocycles. The molecule has 5 heteroatoms. The van der Waals surface area contributed by atoms with Gasteiger partial charge in [-0.25, -0.2) is 19.9 Å². The van der Waals surface area contributed by atoms with Crippen LogP contribution in [0.2, 0.25) is 0 Å². The zero-order valence-electron chi connectivity index (χ0n) is 11.3. The molecular weight excluding hydrogens is 238 g/mol. The fraction of sp³-hybridized carbons (Fsp3) is 0.429. The van der Waals surface area contributed by atoms with Gasteiger partial charge in [-0.05, 0) is 19.4 Å². The highest BCUT2D eigenvalue weighted by molar-refractivity contribution is 5.50. The minimum atomic E-state index is 0.725. The summed E-state index contributed by atoms with van der Waals surface area (Å²) in [6.45, 7) is 5.87. The molecule has 1 aliphatic rings. The van der Waals surface area contributed by atoms with Crippen LogP contribution in [0.1, 0.15) is 29.7 Å². The Morgan fingerprint density at radius 2 is 2.16 bits per heavy atom. The molecule has 2 aromatic heterocycles. The summed E-state index contributed by atoms with van der Waals surface area (Å²) in [5, 5.41) is 3.38. The van der Waals surface area contributed by atoms with Gasteiger partial charge < -0.3 is 5.32 Å². The molecule has 0 atom stereocenters. The van der Waals surface area contributed by atoms with Crippen LogP contribution in [0, 0.1) is 6.92 Å². The summed E-state index contributed by atoms with van der Waals surface area (Å²) in [6, 6.07) is 1.87. The van der Waals surface area contributed by atoms with E-state index < -0.39 is 0 Å². The van der Waals surface area contributed by atoms with Gasteiger partial charge in [0.05, 0.1) is 5.69 Å². The molecule has 0 amide bonds. The van der Waals surface area contributed by atoms with Crippen LogP contribution in [0.15, 0.2) is 12.3 Å². The first kappa shape index (κ1) is 12.2. The van der Waals surface area contributed by atoms with E-state index in [2.05, 4.69) is 27.2 Å². The van der Waals surface area contributed by atoms with Gasteiger partial charge in [-0.1, -0.05) is 6.92 Å². The maximum Gasteiger partial charge on any atom is 0.178 e. The molecule has 1 aliphatic heterocycles. The van der Waals surface area contributed by atoms with Crippen molar-refractivity contribution in [2.75, 3.05) is 6.54 Å². The zero-order chi connectivity index (χ0) is 13.2. The maximum atomic E-state index is 4.69. The summed E-state index contributed by atoms with van der Waals surface area (Å²) in [5.41, 5.74) is 4.37. The Labute approximate surface area is 112 Å². The van der Waals surface area contributed by atoms with Crippen molar-refractivity contribution in [1.82, 2.24) is 25.3 Å². The van der Waals surface area contributed by atoms with E-state index in [-0.39, 0.29) is 0 Å². The Morgan fingerprint density at radius 3 is 2.95 bits per heavy atom. The molecular formula is C14H17N5. The van der Waals surface area contributed by atoms with Gasteiger partial charge >= 0.3 is 0 Å². The van der Waals surface area contributed by atoms with E-state index in [0.29, 0.717) is 0 Å². The summed E-state index contributed by atoms with van der Waals surface area (Å²) in [6.07, 6.45) is 3.64. The highest BCUT2D eigenvalue weighted by atomic mass is 15.0. The average molecular weight is 255 g/mol. The minimum absolute atomic E-state index is 0.725. The number of rotatable bonds is 2. The van der Waals surface area contributed by atoms with Crippen molar-refractivity contribution in [3.05, 3.63) is 35.0 Å². The molecule has 2 aromatic rings. The molecule has 0 bridgehead atoms. The second-order valence-electron chi connectivity index (χ2n) is 4.69. The largest absolute Gasteiger partial charge is 0.312 e. The molecule has 3 rings (SSSR count). The second-order valence-corrected chi connectivity index (χ2v) is 4.69. The normalized spacial score (nSPS) is 14.2. The molecule has 1 N–H and O–H groups in total. The molecule has 5 nitrogen and oxygen atoms in total. The zero-order valence-corrected chi connectivity index (χ0v) is 11.3. The van der Waals surface area contributed by atoms with Gasteiger partial charge in [-0.2, -0.15) is 0 Å². The number of fused-ring (bicyclic) bond motifs is 1. The van der Waals surface area contributed by atoms with E-state index in [4.69, 9.17) is 4.98 Å². The van der Waals surface area contributed by atoms with Crippen LogP contribution in [0.4, 0.5) is 0 Å². The van der Waals surface area contributed by atoms with Gasteiger partial charge in [0.2, 0.25) is 0 Å². The SMILES string of the molecule is CCc1nc(-c2ccnc(C)n2)nc2c1CNCC2. The van der Waals surface area contributed by atoms with Gasteiger partial charge in [0.25, 0.3) is 0 Å². The van der Waals surface area contributed by atoms with E-state index in [0.717, 1.165) is 54.7 Å².